The Morgan fingerprint density at radius 2 is 2.22 bits per heavy atom. The molecule has 7 heteroatoms. The van der Waals surface area contributed by atoms with E-state index in [0.29, 0.717) is 12.2 Å². The molecular formula is C11H17F2NO3S. The zero-order chi connectivity index (χ0) is 13.8. The van der Waals surface area contributed by atoms with Crippen LogP contribution in [0, 0.1) is 5.92 Å². The number of carboxylic acid groups (broad SMARTS) is 1. The normalized spacial score (nSPS) is 23.6. The van der Waals surface area contributed by atoms with E-state index in [1.807, 2.05) is 0 Å². The van der Waals surface area contributed by atoms with Gasteiger partial charge >= 0.3 is 5.97 Å². The zero-order valence-electron chi connectivity index (χ0n) is 10.1. The number of rotatable bonds is 6. The summed E-state index contributed by atoms with van der Waals surface area (Å²) in [7, 11) is 0. The molecule has 0 aliphatic heterocycles. The minimum Gasteiger partial charge on any atom is -0.480 e. The maximum atomic E-state index is 12.9. The SMILES string of the molecule is CC(=O)NC(CSCC1CCC(F)(F)C1)C(=O)O. The Labute approximate surface area is 109 Å². The summed E-state index contributed by atoms with van der Waals surface area (Å²) in [6.07, 6.45) is 0.294. The molecule has 1 fully saturated rings. The molecule has 0 aromatic carbocycles. The number of alkyl halides is 2. The van der Waals surface area contributed by atoms with E-state index in [1.165, 1.54) is 18.7 Å². The largest absolute Gasteiger partial charge is 0.480 e. The van der Waals surface area contributed by atoms with Crippen LogP contribution in [0.3, 0.4) is 0 Å². The van der Waals surface area contributed by atoms with Crippen molar-refractivity contribution < 1.29 is 23.5 Å². The van der Waals surface area contributed by atoms with Gasteiger partial charge in [-0.05, 0) is 18.1 Å². The monoisotopic (exact) mass is 281 g/mol. The van der Waals surface area contributed by atoms with E-state index in [9.17, 15) is 18.4 Å². The molecule has 1 aliphatic rings. The third-order valence-corrected chi connectivity index (χ3v) is 4.10. The van der Waals surface area contributed by atoms with E-state index in [2.05, 4.69) is 5.32 Å². The molecule has 2 unspecified atom stereocenters. The lowest BCUT2D eigenvalue weighted by atomic mass is 10.1. The highest BCUT2D eigenvalue weighted by Gasteiger charge is 2.39. The number of halogens is 2. The molecule has 4 nitrogen and oxygen atoms in total. The Morgan fingerprint density at radius 1 is 1.56 bits per heavy atom. The fourth-order valence-corrected chi connectivity index (χ4v) is 3.17. The molecule has 2 atom stereocenters. The summed E-state index contributed by atoms with van der Waals surface area (Å²) in [5, 5.41) is 11.2. The van der Waals surface area contributed by atoms with Gasteiger partial charge in [0, 0.05) is 25.5 Å². The number of nitrogens with one attached hydrogen (secondary N) is 1. The van der Waals surface area contributed by atoms with E-state index in [4.69, 9.17) is 5.11 Å². The summed E-state index contributed by atoms with van der Waals surface area (Å²) in [5.74, 6) is -3.41. The van der Waals surface area contributed by atoms with Crippen molar-refractivity contribution in [3.05, 3.63) is 0 Å². The second-order valence-electron chi connectivity index (χ2n) is 4.59. The minimum atomic E-state index is -2.56. The van der Waals surface area contributed by atoms with Crippen molar-refractivity contribution in [2.24, 2.45) is 5.92 Å². The first-order chi connectivity index (χ1) is 8.30. The molecule has 0 heterocycles. The number of amides is 1. The van der Waals surface area contributed by atoms with Gasteiger partial charge in [0.05, 0.1) is 0 Å². The van der Waals surface area contributed by atoms with Gasteiger partial charge < -0.3 is 10.4 Å². The smallest absolute Gasteiger partial charge is 0.327 e. The van der Waals surface area contributed by atoms with Crippen LogP contribution < -0.4 is 5.32 Å². The lowest BCUT2D eigenvalue weighted by Gasteiger charge is -2.14. The second kappa shape index (κ2) is 6.36. The van der Waals surface area contributed by atoms with E-state index in [-0.39, 0.29) is 24.5 Å². The first-order valence-electron chi connectivity index (χ1n) is 5.75. The van der Waals surface area contributed by atoms with Crippen LogP contribution in [0.2, 0.25) is 0 Å². The third kappa shape index (κ3) is 5.20. The van der Waals surface area contributed by atoms with E-state index < -0.39 is 23.8 Å². The minimum absolute atomic E-state index is 0.0585. The molecule has 18 heavy (non-hydrogen) atoms. The standard InChI is InChI=1S/C11H17F2NO3S/c1-7(15)14-9(10(16)17)6-18-5-8-2-3-11(12,13)4-8/h8-9H,2-6H2,1H3,(H,14,15)(H,16,17). The number of hydrogen-bond donors (Lipinski definition) is 2. The van der Waals surface area contributed by atoms with E-state index in [0.717, 1.165) is 0 Å². The topological polar surface area (TPSA) is 66.4 Å². The molecule has 1 amide bonds. The van der Waals surface area contributed by atoms with Gasteiger partial charge in [0.25, 0.3) is 0 Å². The Bertz CT molecular complexity index is 325. The molecule has 2 N–H and O–H groups in total. The van der Waals surface area contributed by atoms with Gasteiger partial charge in [-0.3, -0.25) is 4.79 Å². The Hall–Kier alpha value is -0.850. The van der Waals surface area contributed by atoms with Crippen LogP contribution in [0.4, 0.5) is 8.78 Å². The van der Waals surface area contributed by atoms with Gasteiger partial charge in [-0.2, -0.15) is 11.8 Å². The van der Waals surface area contributed by atoms with Gasteiger partial charge in [-0.1, -0.05) is 0 Å². The van der Waals surface area contributed by atoms with Crippen molar-refractivity contribution in [3.63, 3.8) is 0 Å². The zero-order valence-corrected chi connectivity index (χ0v) is 10.9. The van der Waals surface area contributed by atoms with Crippen LogP contribution in [-0.2, 0) is 9.59 Å². The molecule has 0 bridgehead atoms. The number of aliphatic carboxylic acids is 1. The van der Waals surface area contributed by atoms with Crippen molar-refractivity contribution in [1.82, 2.24) is 5.32 Å². The van der Waals surface area contributed by atoms with E-state index >= 15 is 0 Å². The summed E-state index contributed by atoms with van der Waals surface area (Å²) in [6, 6.07) is -0.950. The van der Waals surface area contributed by atoms with Gasteiger partial charge in [0.15, 0.2) is 0 Å². The molecule has 0 aromatic rings. The van der Waals surface area contributed by atoms with Crippen LogP contribution in [0.5, 0.6) is 0 Å². The number of carbonyl (C=O) groups excluding carboxylic acids is 1. The van der Waals surface area contributed by atoms with Crippen LogP contribution in [-0.4, -0.2) is 40.5 Å². The Balaban J connectivity index is 2.27. The fourth-order valence-electron chi connectivity index (χ4n) is 1.96. The molecule has 0 saturated heterocycles. The highest BCUT2D eigenvalue weighted by Crippen LogP contribution is 2.40. The Kier molecular flexibility index (Phi) is 5.37. The molecule has 1 aliphatic carbocycles. The fraction of sp³-hybridized carbons (Fsp3) is 0.818. The second-order valence-corrected chi connectivity index (χ2v) is 5.67. The number of hydrogen-bond acceptors (Lipinski definition) is 3. The average Bonchev–Trinajstić information content (AvgIpc) is 2.56. The lowest BCUT2D eigenvalue weighted by Crippen LogP contribution is -2.41. The first-order valence-corrected chi connectivity index (χ1v) is 6.91. The summed E-state index contributed by atoms with van der Waals surface area (Å²) in [4.78, 5) is 21.6. The molecule has 1 rings (SSSR count). The summed E-state index contributed by atoms with van der Waals surface area (Å²) < 4.78 is 25.8. The number of carboxylic acids is 1. The maximum absolute atomic E-state index is 12.9. The Morgan fingerprint density at radius 3 is 2.67 bits per heavy atom. The predicted octanol–water partition coefficient (Wildman–Crippen LogP) is 1.74. The molecule has 104 valence electrons. The summed E-state index contributed by atoms with van der Waals surface area (Å²) in [6.45, 7) is 1.25. The van der Waals surface area contributed by atoms with Crippen molar-refractivity contribution in [3.8, 4) is 0 Å². The molecular weight excluding hydrogens is 264 g/mol. The van der Waals surface area contributed by atoms with Crippen LogP contribution in [0.1, 0.15) is 26.2 Å². The van der Waals surface area contributed by atoms with Crippen molar-refractivity contribution in [2.45, 2.75) is 38.2 Å². The van der Waals surface area contributed by atoms with Gasteiger partial charge in [0.1, 0.15) is 6.04 Å². The average molecular weight is 281 g/mol. The highest BCUT2D eigenvalue weighted by molar-refractivity contribution is 7.99. The van der Waals surface area contributed by atoms with Gasteiger partial charge in [-0.15, -0.1) is 0 Å². The predicted molar refractivity (Wildman–Crippen MR) is 64.9 cm³/mol. The summed E-state index contributed by atoms with van der Waals surface area (Å²) >= 11 is 1.30. The van der Waals surface area contributed by atoms with Gasteiger partial charge in [0.2, 0.25) is 11.8 Å². The maximum Gasteiger partial charge on any atom is 0.327 e. The number of thioether (sulfide) groups is 1. The van der Waals surface area contributed by atoms with Crippen molar-refractivity contribution >= 4 is 23.6 Å². The van der Waals surface area contributed by atoms with Crippen LogP contribution in [0.25, 0.3) is 0 Å². The summed E-state index contributed by atoms with van der Waals surface area (Å²) in [5.41, 5.74) is 0. The molecule has 0 spiro atoms. The van der Waals surface area contributed by atoms with Gasteiger partial charge in [-0.25, -0.2) is 13.6 Å². The van der Waals surface area contributed by atoms with Crippen LogP contribution >= 0.6 is 11.8 Å². The van der Waals surface area contributed by atoms with Crippen molar-refractivity contribution in [1.29, 1.82) is 0 Å². The first kappa shape index (κ1) is 15.2. The van der Waals surface area contributed by atoms with Crippen LogP contribution in [0.15, 0.2) is 0 Å². The van der Waals surface area contributed by atoms with E-state index in [1.54, 1.807) is 0 Å². The quantitative estimate of drug-likeness (QED) is 0.778. The molecule has 0 radical (unpaired) electrons. The third-order valence-electron chi connectivity index (χ3n) is 2.82. The molecule has 0 aromatic heterocycles. The molecule has 1 saturated carbocycles. The lowest BCUT2D eigenvalue weighted by molar-refractivity contribution is -0.140. The van der Waals surface area contributed by atoms with Crippen molar-refractivity contribution in [2.75, 3.05) is 11.5 Å². The number of carbonyl (C=O) groups is 2. The highest BCUT2D eigenvalue weighted by atomic mass is 32.2.